The fourth-order valence-corrected chi connectivity index (χ4v) is 5.80. The third kappa shape index (κ3) is 5.93. The number of aromatic nitrogens is 2. The Hall–Kier alpha value is -4.00. The number of para-hydroxylation sites is 3. The van der Waals surface area contributed by atoms with Crippen LogP contribution in [0.2, 0.25) is 0 Å². The van der Waals surface area contributed by atoms with Crippen molar-refractivity contribution in [2.75, 3.05) is 7.11 Å². The molecular formula is C34H37N5O. The number of methoxy groups -OCH3 is 1. The van der Waals surface area contributed by atoms with Crippen molar-refractivity contribution in [2.45, 2.75) is 57.5 Å². The summed E-state index contributed by atoms with van der Waals surface area (Å²) in [5, 5.41) is 3.65. The molecular weight excluding hydrogens is 494 g/mol. The molecule has 0 spiro atoms. The molecule has 6 rings (SSSR count). The molecule has 3 atom stereocenters. The second-order valence-electron chi connectivity index (χ2n) is 10.8. The summed E-state index contributed by atoms with van der Waals surface area (Å²) in [4.78, 5) is 15.7. The Bertz CT molecular complexity index is 1500. The van der Waals surface area contributed by atoms with E-state index in [4.69, 9.17) is 9.72 Å². The van der Waals surface area contributed by atoms with Crippen LogP contribution >= 0.6 is 0 Å². The van der Waals surface area contributed by atoms with Crippen molar-refractivity contribution < 1.29 is 4.74 Å². The van der Waals surface area contributed by atoms with E-state index in [9.17, 15) is 0 Å². The van der Waals surface area contributed by atoms with E-state index in [1.807, 2.05) is 24.4 Å². The van der Waals surface area contributed by atoms with E-state index >= 15 is 0 Å². The Kier molecular flexibility index (Phi) is 7.89. The maximum absolute atomic E-state index is 5.54. The van der Waals surface area contributed by atoms with Gasteiger partial charge in [-0.15, -0.1) is 0 Å². The standard InChI is InChI=1S/C34H37N5O/c1-24(29-9-3-6-12-33(29)40-2)36-21-25-13-15-26(16-14-25)22-39(23-34-37-31-10-4-5-11-32(31)38-34)28-17-18-30-27(20-28)8-7-19-35-30/h3-16,19-20,24,28,30,36H,17-18,21-23H2,1-2H3,(H,37,38). The van der Waals surface area contributed by atoms with Gasteiger partial charge in [-0.1, -0.05) is 66.7 Å². The minimum Gasteiger partial charge on any atom is -0.496 e. The lowest BCUT2D eigenvalue weighted by Gasteiger charge is -2.34. The van der Waals surface area contributed by atoms with Crippen molar-refractivity contribution in [2.24, 2.45) is 4.99 Å². The average molecular weight is 532 g/mol. The van der Waals surface area contributed by atoms with Gasteiger partial charge < -0.3 is 15.0 Å². The molecule has 3 aromatic carbocycles. The molecule has 1 aliphatic heterocycles. The molecule has 6 heteroatoms. The quantitative estimate of drug-likeness (QED) is 0.244. The number of aliphatic imine (C=N–C) groups is 1. The van der Waals surface area contributed by atoms with Gasteiger partial charge in [-0.3, -0.25) is 9.89 Å². The monoisotopic (exact) mass is 531 g/mol. The SMILES string of the molecule is COc1ccccc1C(C)NCc1ccc(CN(Cc2nc3ccccc3[nH]2)C2C=C3C=CC=NC3CC2)cc1. The van der Waals surface area contributed by atoms with Crippen molar-refractivity contribution in [1.82, 2.24) is 20.2 Å². The minimum atomic E-state index is 0.191. The lowest BCUT2D eigenvalue weighted by molar-refractivity contribution is 0.188. The van der Waals surface area contributed by atoms with Crippen LogP contribution in [-0.4, -0.2) is 40.3 Å². The summed E-state index contributed by atoms with van der Waals surface area (Å²) in [5.74, 6) is 1.92. The van der Waals surface area contributed by atoms with Gasteiger partial charge in [-0.25, -0.2) is 4.98 Å². The van der Waals surface area contributed by atoms with Gasteiger partial charge in [0.15, 0.2) is 0 Å². The summed E-state index contributed by atoms with van der Waals surface area (Å²) in [7, 11) is 1.73. The van der Waals surface area contributed by atoms with Gasteiger partial charge >= 0.3 is 0 Å². The molecule has 1 aliphatic carbocycles. The van der Waals surface area contributed by atoms with E-state index in [0.717, 1.165) is 55.1 Å². The maximum Gasteiger partial charge on any atom is 0.123 e. The highest BCUT2D eigenvalue weighted by molar-refractivity contribution is 5.75. The Labute approximate surface area is 236 Å². The third-order valence-electron chi connectivity index (χ3n) is 8.03. The Balaban J connectivity index is 1.16. The van der Waals surface area contributed by atoms with Crippen LogP contribution in [0.3, 0.4) is 0 Å². The van der Waals surface area contributed by atoms with Crippen molar-refractivity contribution in [3.05, 3.63) is 119 Å². The van der Waals surface area contributed by atoms with E-state index in [1.165, 1.54) is 22.3 Å². The molecule has 6 nitrogen and oxygen atoms in total. The molecule has 4 aromatic rings. The largest absolute Gasteiger partial charge is 0.496 e. The number of rotatable bonds is 10. The molecule has 40 heavy (non-hydrogen) atoms. The molecule has 2 heterocycles. The van der Waals surface area contributed by atoms with E-state index in [-0.39, 0.29) is 6.04 Å². The highest BCUT2D eigenvalue weighted by Gasteiger charge is 2.27. The zero-order valence-electron chi connectivity index (χ0n) is 23.3. The number of aromatic amines is 1. The smallest absolute Gasteiger partial charge is 0.123 e. The molecule has 0 radical (unpaired) electrons. The molecule has 0 saturated heterocycles. The first-order valence-electron chi connectivity index (χ1n) is 14.2. The third-order valence-corrected chi connectivity index (χ3v) is 8.03. The number of ether oxygens (including phenoxy) is 1. The van der Waals surface area contributed by atoms with Gasteiger partial charge in [-0.05, 0) is 60.7 Å². The highest BCUT2D eigenvalue weighted by Crippen LogP contribution is 2.29. The molecule has 0 bridgehead atoms. The summed E-state index contributed by atoms with van der Waals surface area (Å²) in [6.07, 6.45) is 10.8. The van der Waals surface area contributed by atoms with E-state index in [1.54, 1.807) is 7.11 Å². The Morgan fingerprint density at radius 3 is 2.62 bits per heavy atom. The second-order valence-corrected chi connectivity index (χ2v) is 10.8. The van der Waals surface area contributed by atoms with Gasteiger partial charge in [0.1, 0.15) is 11.6 Å². The zero-order valence-corrected chi connectivity index (χ0v) is 23.3. The number of fused-ring (bicyclic) bond motifs is 2. The van der Waals surface area contributed by atoms with Gasteiger partial charge in [0.25, 0.3) is 0 Å². The first kappa shape index (κ1) is 26.2. The minimum absolute atomic E-state index is 0.191. The fourth-order valence-electron chi connectivity index (χ4n) is 5.80. The summed E-state index contributed by atoms with van der Waals surface area (Å²) >= 11 is 0. The first-order valence-corrected chi connectivity index (χ1v) is 14.2. The average Bonchev–Trinajstić information content (AvgIpc) is 3.42. The van der Waals surface area contributed by atoms with Gasteiger partial charge in [0.05, 0.1) is 30.7 Å². The van der Waals surface area contributed by atoms with Crippen LogP contribution < -0.4 is 10.1 Å². The van der Waals surface area contributed by atoms with E-state index in [0.29, 0.717) is 12.1 Å². The number of dihydropyridines is 1. The summed E-state index contributed by atoms with van der Waals surface area (Å²) in [6, 6.07) is 26.3. The van der Waals surface area contributed by atoms with Crippen molar-refractivity contribution in [1.29, 1.82) is 0 Å². The predicted octanol–water partition coefficient (Wildman–Crippen LogP) is 6.52. The molecule has 0 saturated carbocycles. The summed E-state index contributed by atoms with van der Waals surface area (Å²) in [6.45, 7) is 4.60. The number of hydrogen-bond donors (Lipinski definition) is 2. The zero-order chi connectivity index (χ0) is 27.3. The topological polar surface area (TPSA) is 65.5 Å². The molecule has 3 unspecified atom stereocenters. The van der Waals surface area contributed by atoms with Gasteiger partial charge in [-0.2, -0.15) is 0 Å². The fraction of sp³-hybridized carbons (Fsp3) is 0.294. The lowest BCUT2D eigenvalue weighted by Crippen LogP contribution is -2.37. The molecule has 204 valence electrons. The number of benzene rings is 3. The van der Waals surface area contributed by atoms with Crippen LogP contribution in [-0.2, 0) is 19.6 Å². The molecule has 0 fully saturated rings. The normalized spacial score (nSPS) is 19.0. The van der Waals surface area contributed by atoms with Crippen molar-refractivity contribution >= 4 is 17.2 Å². The number of allylic oxidation sites excluding steroid dienone is 1. The number of H-pyrrole nitrogens is 1. The molecule has 1 aromatic heterocycles. The number of nitrogens with one attached hydrogen (secondary N) is 2. The van der Waals surface area contributed by atoms with Crippen LogP contribution in [0.5, 0.6) is 5.75 Å². The van der Waals surface area contributed by atoms with Crippen LogP contribution in [0, 0.1) is 0 Å². The summed E-state index contributed by atoms with van der Waals surface area (Å²) < 4.78 is 5.54. The number of imidazole rings is 1. The Morgan fingerprint density at radius 2 is 1.77 bits per heavy atom. The van der Waals surface area contributed by atoms with Crippen LogP contribution in [0.1, 0.15) is 48.3 Å². The van der Waals surface area contributed by atoms with Crippen LogP contribution in [0.25, 0.3) is 11.0 Å². The lowest BCUT2D eigenvalue weighted by atomic mass is 9.89. The first-order chi connectivity index (χ1) is 19.7. The highest BCUT2D eigenvalue weighted by atomic mass is 16.5. The molecule has 2 aliphatic rings. The van der Waals surface area contributed by atoms with Crippen LogP contribution in [0.15, 0.2) is 102 Å². The van der Waals surface area contributed by atoms with Crippen molar-refractivity contribution in [3.8, 4) is 5.75 Å². The Morgan fingerprint density at radius 1 is 0.975 bits per heavy atom. The van der Waals surface area contributed by atoms with Gasteiger partial charge in [0, 0.05) is 37.0 Å². The van der Waals surface area contributed by atoms with E-state index in [2.05, 4.69) is 99.9 Å². The predicted molar refractivity (Wildman–Crippen MR) is 163 cm³/mol. The molecule has 2 N–H and O–H groups in total. The molecule has 0 amide bonds. The summed E-state index contributed by atoms with van der Waals surface area (Å²) in [5.41, 5.74) is 7.17. The van der Waals surface area contributed by atoms with E-state index < -0.39 is 0 Å². The van der Waals surface area contributed by atoms with Gasteiger partial charge in [0.2, 0.25) is 0 Å². The second kappa shape index (κ2) is 12.0. The van der Waals surface area contributed by atoms with Crippen LogP contribution in [0.4, 0.5) is 0 Å². The van der Waals surface area contributed by atoms with Crippen molar-refractivity contribution in [3.63, 3.8) is 0 Å². The maximum atomic E-state index is 5.54. The number of nitrogens with zero attached hydrogens (tertiary/aromatic N) is 3. The number of hydrogen-bond acceptors (Lipinski definition) is 5.